The quantitative estimate of drug-likeness (QED) is 0.535. The summed E-state index contributed by atoms with van der Waals surface area (Å²) in [6, 6.07) is 8.11. The largest absolute Gasteiger partial charge is 0.478 e. The number of hydrogen-bond acceptors (Lipinski definition) is 5. The Balaban J connectivity index is 1.82. The Morgan fingerprint density at radius 3 is 2.46 bits per heavy atom. The first kappa shape index (κ1) is 24.6. The summed E-state index contributed by atoms with van der Waals surface area (Å²) in [5.41, 5.74) is 2.67. The highest BCUT2D eigenvalue weighted by Gasteiger charge is 2.47. The molecule has 0 radical (unpaired) electrons. The van der Waals surface area contributed by atoms with Gasteiger partial charge in [-0.2, -0.15) is 0 Å². The van der Waals surface area contributed by atoms with Gasteiger partial charge in [0.15, 0.2) is 0 Å². The van der Waals surface area contributed by atoms with E-state index in [0.29, 0.717) is 28.3 Å². The number of nitrogens with zero attached hydrogens (tertiary/aromatic N) is 3. The van der Waals surface area contributed by atoms with Crippen LogP contribution in [0.15, 0.2) is 41.3 Å². The minimum Gasteiger partial charge on any atom is -0.478 e. The van der Waals surface area contributed by atoms with Crippen molar-refractivity contribution >= 4 is 23.1 Å². The molecule has 35 heavy (non-hydrogen) atoms. The van der Waals surface area contributed by atoms with E-state index in [4.69, 9.17) is 4.98 Å². The molecule has 1 aliphatic rings. The van der Waals surface area contributed by atoms with Gasteiger partial charge in [0.2, 0.25) is 0 Å². The third-order valence-electron chi connectivity index (χ3n) is 6.89. The minimum atomic E-state index is -2.78. The van der Waals surface area contributed by atoms with E-state index in [1.807, 2.05) is 19.9 Å². The molecular formula is C26H30F2N4O3. The number of carbonyl (C=O) groups is 1. The highest BCUT2D eigenvalue weighted by molar-refractivity contribution is 5.94. The number of anilines is 2. The molecule has 2 aromatic heterocycles. The third-order valence-corrected chi connectivity index (χ3v) is 6.89. The lowest BCUT2D eigenvalue weighted by molar-refractivity contribution is -0.105. The molecule has 9 heteroatoms. The van der Waals surface area contributed by atoms with Gasteiger partial charge in [0.1, 0.15) is 11.5 Å². The zero-order valence-corrected chi connectivity index (χ0v) is 20.5. The van der Waals surface area contributed by atoms with Gasteiger partial charge in [0.25, 0.3) is 11.5 Å². The van der Waals surface area contributed by atoms with E-state index in [1.54, 1.807) is 36.2 Å². The number of carboxylic acids is 1. The van der Waals surface area contributed by atoms with Crippen molar-refractivity contribution < 1.29 is 18.7 Å². The predicted molar refractivity (Wildman–Crippen MR) is 132 cm³/mol. The number of alkyl halides is 2. The Bertz CT molecular complexity index is 1340. The van der Waals surface area contributed by atoms with Crippen molar-refractivity contribution in [2.45, 2.75) is 46.6 Å². The second-order valence-electron chi connectivity index (χ2n) is 9.63. The van der Waals surface area contributed by atoms with Gasteiger partial charge in [-0.05, 0) is 44.5 Å². The molecule has 3 aromatic rings. The van der Waals surface area contributed by atoms with E-state index in [2.05, 4.69) is 5.32 Å². The van der Waals surface area contributed by atoms with Crippen molar-refractivity contribution in [1.29, 1.82) is 0 Å². The lowest BCUT2D eigenvalue weighted by Gasteiger charge is -2.42. The number of para-hydroxylation sites is 1. The fourth-order valence-electron chi connectivity index (χ4n) is 4.86. The monoisotopic (exact) mass is 484 g/mol. The zero-order valence-electron chi connectivity index (χ0n) is 20.5. The number of pyridine rings is 1. The Morgan fingerprint density at radius 1 is 1.20 bits per heavy atom. The predicted octanol–water partition coefficient (Wildman–Crippen LogP) is 4.91. The molecular weight excluding hydrogens is 454 g/mol. The van der Waals surface area contributed by atoms with Crippen LogP contribution in [0.3, 0.4) is 0 Å². The van der Waals surface area contributed by atoms with Crippen molar-refractivity contribution in [3.8, 4) is 0 Å². The van der Waals surface area contributed by atoms with Gasteiger partial charge in [-0.3, -0.25) is 9.20 Å². The number of hydrogen-bond donors (Lipinski definition) is 2. The second-order valence-corrected chi connectivity index (χ2v) is 9.63. The first-order chi connectivity index (χ1) is 16.4. The molecule has 0 aliphatic carbocycles. The summed E-state index contributed by atoms with van der Waals surface area (Å²) in [6.07, 6.45) is 1.71. The Kier molecular flexibility index (Phi) is 6.29. The van der Waals surface area contributed by atoms with Crippen molar-refractivity contribution in [1.82, 2.24) is 9.38 Å². The number of piperidine rings is 1. The minimum absolute atomic E-state index is 0.0990. The second kappa shape index (κ2) is 8.94. The Labute approximate surface area is 202 Å². The van der Waals surface area contributed by atoms with Crippen LogP contribution >= 0.6 is 0 Å². The molecule has 7 nitrogen and oxygen atoms in total. The first-order valence-corrected chi connectivity index (χ1v) is 11.7. The van der Waals surface area contributed by atoms with E-state index >= 15 is 0 Å². The third kappa shape index (κ3) is 4.35. The van der Waals surface area contributed by atoms with Crippen molar-refractivity contribution in [3.63, 3.8) is 0 Å². The molecule has 0 saturated carbocycles. The van der Waals surface area contributed by atoms with Crippen LogP contribution < -0.4 is 15.8 Å². The molecule has 0 bridgehead atoms. The summed E-state index contributed by atoms with van der Waals surface area (Å²) >= 11 is 0. The molecule has 0 amide bonds. The van der Waals surface area contributed by atoms with Crippen LogP contribution in [0.5, 0.6) is 0 Å². The van der Waals surface area contributed by atoms with Crippen LogP contribution in [0.1, 0.15) is 53.9 Å². The number of aryl methyl sites for hydroxylation is 1. The van der Waals surface area contributed by atoms with Crippen LogP contribution in [-0.2, 0) is 0 Å². The van der Waals surface area contributed by atoms with Gasteiger partial charge in [0, 0.05) is 42.4 Å². The normalized spacial score (nSPS) is 20.6. The van der Waals surface area contributed by atoms with Gasteiger partial charge in [-0.1, -0.05) is 26.0 Å². The average Bonchev–Trinajstić information content (AvgIpc) is 2.80. The van der Waals surface area contributed by atoms with Crippen LogP contribution in [-0.4, -0.2) is 39.5 Å². The fourth-order valence-corrected chi connectivity index (χ4v) is 4.86. The maximum absolute atomic E-state index is 14.5. The molecule has 1 aliphatic heterocycles. The summed E-state index contributed by atoms with van der Waals surface area (Å²) in [6.45, 7) is 8.64. The summed E-state index contributed by atoms with van der Waals surface area (Å²) in [7, 11) is 0. The standard InChI is InChI=1S/C26H30F2N4O3/c1-14-10-20(18(5)29-21-9-7-6-8-19(21)25(34)35)23-30-22(17(4)24(33)32(23)11-14)31-12-15(2)26(27,28)16(3)13-31/h6-11,15-16,18,29H,12-13H2,1-5H3,(H,34,35)/t15-,16+,18-/m1/s1. The molecule has 0 unspecified atom stereocenters. The number of carboxylic acid groups (broad SMARTS) is 1. The van der Waals surface area contributed by atoms with E-state index < -0.39 is 29.8 Å². The Hall–Kier alpha value is -3.49. The summed E-state index contributed by atoms with van der Waals surface area (Å²) in [5.74, 6) is -5.18. The van der Waals surface area contributed by atoms with Crippen LogP contribution in [0.25, 0.3) is 5.65 Å². The number of aromatic nitrogens is 2. The van der Waals surface area contributed by atoms with Crippen molar-refractivity contribution in [2.75, 3.05) is 23.3 Å². The topological polar surface area (TPSA) is 86.9 Å². The molecule has 186 valence electrons. The maximum atomic E-state index is 14.5. The van der Waals surface area contributed by atoms with Gasteiger partial charge >= 0.3 is 5.97 Å². The average molecular weight is 485 g/mol. The van der Waals surface area contributed by atoms with Crippen LogP contribution in [0.2, 0.25) is 0 Å². The molecule has 1 saturated heterocycles. The summed E-state index contributed by atoms with van der Waals surface area (Å²) in [4.78, 5) is 31.6. The van der Waals surface area contributed by atoms with E-state index in [1.165, 1.54) is 24.3 Å². The smallest absolute Gasteiger partial charge is 0.337 e. The van der Waals surface area contributed by atoms with Gasteiger partial charge < -0.3 is 15.3 Å². The SMILES string of the molecule is Cc1cc([C@@H](C)Nc2ccccc2C(=O)O)c2nc(N3C[C@@H](C)C(F)(F)[C@@H](C)C3)c(C)c(=O)n2c1. The van der Waals surface area contributed by atoms with E-state index in [9.17, 15) is 23.5 Å². The number of halogens is 2. The number of benzene rings is 1. The van der Waals surface area contributed by atoms with E-state index in [-0.39, 0.29) is 24.2 Å². The van der Waals surface area contributed by atoms with Gasteiger partial charge in [-0.15, -0.1) is 0 Å². The van der Waals surface area contributed by atoms with Gasteiger partial charge in [-0.25, -0.2) is 18.6 Å². The maximum Gasteiger partial charge on any atom is 0.337 e. The number of nitrogens with one attached hydrogen (secondary N) is 1. The molecule has 3 atom stereocenters. The molecule has 3 heterocycles. The Morgan fingerprint density at radius 2 is 1.83 bits per heavy atom. The molecule has 1 aromatic carbocycles. The highest BCUT2D eigenvalue weighted by Crippen LogP contribution is 2.39. The van der Waals surface area contributed by atoms with Crippen molar-refractivity contribution in [2.24, 2.45) is 11.8 Å². The molecule has 4 rings (SSSR count). The van der Waals surface area contributed by atoms with E-state index in [0.717, 1.165) is 5.56 Å². The number of fused-ring (bicyclic) bond motifs is 1. The summed E-state index contributed by atoms with van der Waals surface area (Å²) in [5, 5.41) is 12.8. The van der Waals surface area contributed by atoms with Crippen molar-refractivity contribution in [3.05, 3.63) is 69.1 Å². The lowest BCUT2D eigenvalue weighted by atomic mass is 9.87. The van der Waals surface area contributed by atoms with Gasteiger partial charge in [0.05, 0.1) is 17.2 Å². The highest BCUT2D eigenvalue weighted by atomic mass is 19.3. The number of rotatable bonds is 5. The molecule has 2 N–H and O–H groups in total. The molecule has 0 spiro atoms. The fraction of sp³-hybridized carbons (Fsp3) is 0.423. The summed E-state index contributed by atoms with van der Waals surface area (Å²) < 4.78 is 30.4. The zero-order chi connectivity index (χ0) is 25.7. The van der Waals surface area contributed by atoms with Crippen LogP contribution in [0, 0.1) is 25.7 Å². The lowest BCUT2D eigenvalue weighted by Crippen LogP contribution is -2.52. The van der Waals surface area contributed by atoms with Crippen LogP contribution in [0.4, 0.5) is 20.3 Å². The molecule has 1 fully saturated rings. The first-order valence-electron chi connectivity index (χ1n) is 11.7. The number of aromatic carboxylic acids is 1.